The molecule has 0 N–H and O–H groups in total. The molecule has 0 atom stereocenters. The van der Waals surface area contributed by atoms with Crippen LogP contribution in [0.5, 0.6) is 5.75 Å². The topological polar surface area (TPSA) is 89.9 Å². The number of hydrogen-bond acceptors (Lipinski definition) is 7. The Kier molecular flexibility index (Phi) is 6.96. The number of hydrogen-bond donors (Lipinski definition) is 0. The van der Waals surface area contributed by atoms with E-state index in [4.69, 9.17) is 9.15 Å². The first-order valence-electron chi connectivity index (χ1n) is 12.4. The van der Waals surface area contributed by atoms with Crippen LogP contribution in [0.1, 0.15) is 6.42 Å². The summed E-state index contributed by atoms with van der Waals surface area (Å²) in [5, 5.41) is 0.499. The minimum Gasteiger partial charge on any atom is -0.490 e. The van der Waals surface area contributed by atoms with Gasteiger partial charge < -0.3 is 14.1 Å². The minimum atomic E-state index is -0.317. The second-order valence-corrected chi connectivity index (χ2v) is 9.25. The highest BCUT2D eigenvalue weighted by Gasteiger charge is 2.20. The Bertz CT molecular complexity index is 1580. The molecule has 0 radical (unpaired) electrons. The van der Waals surface area contributed by atoms with Crippen LogP contribution in [0.2, 0.25) is 0 Å². The van der Waals surface area contributed by atoms with Crippen LogP contribution in [-0.2, 0) is 14.1 Å². The average molecular weight is 503 g/mol. The van der Waals surface area contributed by atoms with Crippen molar-refractivity contribution in [2.45, 2.75) is 6.42 Å². The van der Waals surface area contributed by atoms with Gasteiger partial charge in [-0.1, -0.05) is 36.4 Å². The molecule has 37 heavy (non-hydrogen) atoms. The normalized spacial score (nSPS) is 14.3. The maximum Gasteiger partial charge on any atom is 0.332 e. The van der Waals surface area contributed by atoms with Gasteiger partial charge in [-0.25, -0.2) is 4.79 Å². The van der Waals surface area contributed by atoms with Gasteiger partial charge in [0.25, 0.3) is 5.56 Å². The summed E-state index contributed by atoms with van der Waals surface area (Å²) in [7, 11) is 3.18. The van der Waals surface area contributed by atoms with E-state index in [0.29, 0.717) is 34.9 Å². The number of anilines is 1. The Labute approximate surface area is 213 Å². The van der Waals surface area contributed by atoms with Crippen LogP contribution in [0.3, 0.4) is 0 Å². The first-order valence-corrected chi connectivity index (χ1v) is 12.4. The molecular weight excluding hydrogens is 472 g/mol. The summed E-state index contributed by atoms with van der Waals surface area (Å²) in [6.45, 7) is 4.46. The van der Waals surface area contributed by atoms with E-state index in [2.05, 4.69) is 9.80 Å². The first kappa shape index (κ1) is 24.6. The van der Waals surface area contributed by atoms with E-state index in [9.17, 15) is 14.4 Å². The highest BCUT2D eigenvalue weighted by molar-refractivity contribution is 5.84. The van der Waals surface area contributed by atoms with Gasteiger partial charge in [0.15, 0.2) is 16.8 Å². The fraction of sp³-hybridized carbons (Fsp3) is 0.321. The van der Waals surface area contributed by atoms with Gasteiger partial charge in [-0.15, -0.1) is 0 Å². The molecule has 2 aromatic heterocycles. The molecule has 1 aliphatic heterocycles. The number of aromatic nitrogens is 2. The number of benzene rings is 2. The monoisotopic (exact) mass is 502 g/mol. The molecule has 1 saturated heterocycles. The Morgan fingerprint density at radius 1 is 0.865 bits per heavy atom. The lowest BCUT2D eigenvalue weighted by molar-refractivity contribution is 0.224. The van der Waals surface area contributed by atoms with Crippen LogP contribution in [0.25, 0.3) is 22.3 Å². The van der Waals surface area contributed by atoms with E-state index in [1.54, 1.807) is 19.2 Å². The van der Waals surface area contributed by atoms with Gasteiger partial charge >= 0.3 is 5.69 Å². The van der Waals surface area contributed by atoms with Crippen molar-refractivity contribution in [1.82, 2.24) is 14.0 Å². The second kappa shape index (κ2) is 10.5. The Hall–Kier alpha value is -4.11. The molecule has 4 aromatic rings. The van der Waals surface area contributed by atoms with E-state index < -0.39 is 0 Å². The summed E-state index contributed by atoms with van der Waals surface area (Å²) in [5.74, 6) is 1.73. The van der Waals surface area contributed by atoms with E-state index >= 15 is 0 Å². The van der Waals surface area contributed by atoms with Crippen molar-refractivity contribution < 1.29 is 9.15 Å². The lowest BCUT2D eigenvalue weighted by Crippen LogP contribution is -2.49. The summed E-state index contributed by atoms with van der Waals surface area (Å²) in [5.41, 5.74) is 0.589. The van der Waals surface area contributed by atoms with Gasteiger partial charge in [0, 0.05) is 64.5 Å². The van der Waals surface area contributed by atoms with Crippen LogP contribution in [0.15, 0.2) is 79.5 Å². The smallest absolute Gasteiger partial charge is 0.332 e. The Balaban J connectivity index is 1.19. The molecule has 3 heterocycles. The van der Waals surface area contributed by atoms with Crippen LogP contribution in [-0.4, -0.2) is 53.4 Å². The number of nitrogens with zero attached hydrogens (tertiary/aromatic N) is 4. The summed E-state index contributed by atoms with van der Waals surface area (Å²) < 4.78 is 14.8. The van der Waals surface area contributed by atoms with Crippen LogP contribution < -0.4 is 26.3 Å². The molecule has 0 amide bonds. The molecule has 0 aliphatic carbocycles. The third-order valence-electron chi connectivity index (χ3n) is 6.85. The maximum absolute atomic E-state index is 12.7. The van der Waals surface area contributed by atoms with E-state index in [0.717, 1.165) is 49.3 Å². The van der Waals surface area contributed by atoms with Crippen LogP contribution in [0, 0.1) is 0 Å². The average Bonchev–Trinajstić information content (AvgIpc) is 2.93. The predicted molar refractivity (Wildman–Crippen MR) is 144 cm³/mol. The molecule has 0 unspecified atom stereocenters. The van der Waals surface area contributed by atoms with Gasteiger partial charge in [0.1, 0.15) is 11.6 Å². The van der Waals surface area contributed by atoms with Crippen LogP contribution >= 0.6 is 0 Å². The summed E-state index contributed by atoms with van der Waals surface area (Å²) in [6.07, 6.45) is 0.809. The highest BCUT2D eigenvalue weighted by Crippen LogP contribution is 2.28. The predicted octanol–water partition coefficient (Wildman–Crippen LogP) is 2.45. The number of ether oxygens (including phenoxy) is 1. The Morgan fingerprint density at radius 3 is 2.38 bits per heavy atom. The van der Waals surface area contributed by atoms with Crippen molar-refractivity contribution in [2.75, 3.05) is 44.2 Å². The largest absolute Gasteiger partial charge is 0.490 e. The van der Waals surface area contributed by atoms with E-state index in [1.165, 1.54) is 23.7 Å². The lowest BCUT2D eigenvalue weighted by Gasteiger charge is -2.36. The zero-order valence-electron chi connectivity index (χ0n) is 21.1. The van der Waals surface area contributed by atoms with Gasteiger partial charge in [0.05, 0.1) is 12.0 Å². The van der Waals surface area contributed by atoms with E-state index in [1.807, 2.05) is 36.4 Å². The van der Waals surface area contributed by atoms with Crippen molar-refractivity contribution in [2.24, 2.45) is 14.1 Å². The molecule has 0 saturated carbocycles. The second-order valence-electron chi connectivity index (χ2n) is 9.25. The SMILES string of the molecule is Cn1c(N2CCN(CCCOc3cccc4c(=O)cc(-c5ccccc5)oc34)CC2)cc(=O)n(C)c1=O. The molecule has 192 valence electrons. The fourth-order valence-corrected chi connectivity index (χ4v) is 4.71. The maximum atomic E-state index is 12.7. The van der Waals surface area contributed by atoms with E-state index in [-0.39, 0.29) is 16.7 Å². The van der Waals surface area contributed by atoms with Crippen molar-refractivity contribution in [3.05, 3.63) is 91.7 Å². The number of rotatable bonds is 7. The third-order valence-corrected chi connectivity index (χ3v) is 6.85. The van der Waals surface area contributed by atoms with Crippen LogP contribution in [0.4, 0.5) is 5.82 Å². The first-order chi connectivity index (χ1) is 17.9. The summed E-state index contributed by atoms with van der Waals surface area (Å²) in [6, 6.07) is 18.0. The molecule has 2 aromatic carbocycles. The third kappa shape index (κ3) is 5.08. The molecule has 9 nitrogen and oxygen atoms in total. The molecule has 1 fully saturated rings. The zero-order valence-corrected chi connectivity index (χ0v) is 21.1. The van der Waals surface area contributed by atoms with Gasteiger partial charge in [-0.3, -0.25) is 23.6 Å². The quantitative estimate of drug-likeness (QED) is 0.359. The molecule has 9 heteroatoms. The minimum absolute atomic E-state index is 0.0998. The van der Waals surface area contributed by atoms with Gasteiger partial charge in [-0.05, 0) is 18.6 Å². The van der Waals surface area contributed by atoms with Crippen molar-refractivity contribution in [3.8, 4) is 17.1 Å². The standard InChI is InChI=1S/C28H30N4O5/c1-29-25(19-26(34)30(2)28(29)35)32-15-13-31(14-16-32)12-7-17-36-23-11-6-10-21-22(33)18-24(37-27(21)23)20-8-4-3-5-9-20/h3-6,8-11,18-19H,7,12-17H2,1-2H3. The Morgan fingerprint density at radius 2 is 1.62 bits per heavy atom. The number of piperazine rings is 1. The molecule has 0 spiro atoms. The van der Waals surface area contributed by atoms with Crippen molar-refractivity contribution in [1.29, 1.82) is 0 Å². The van der Waals surface area contributed by atoms with Gasteiger partial charge in [0.2, 0.25) is 0 Å². The molecule has 5 rings (SSSR count). The number of para-hydroxylation sites is 1. The zero-order chi connectivity index (χ0) is 25.9. The fourth-order valence-electron chi connectivity index (χ4n) is 4.71. The molecule has 1 aliphatic rings. The summed E-state index contributed by atoms with van der Waals surface area (Å²) >= 11 is 0. The molecular formula is C28H30N4O5. The van der Waals surface area contributed by atoms with Gasteiger partial charge in [-0.2, -0.15) is 0 Å². The number of fused-ring (bicyclic) bond motifs is 1. The lowest BCUT2D eigenvalue weighted by atomic mass is 10.1. The van der Waals surface area contributed by atoms with Crippen molar-refractivity contribution in [3.63, 3.8) is 0 Å². The van der Waals surface area contributed by atoms with Crippen molar-refractivity contribution >= 4 is 16.8 Å². The summed E-state index contributed by atoms with van der Waals surface area (Å²) in [4.78, 5) is 41.5. The highest BCUT2D eigenvalue weighted by atomic mass is 16.5. The molecule has 0 bridgehead atoms.